The van der Waals surface area contributed by atoms with Crippen molar-refractivity contribution in [2.45, 2.75) is 32.6 Å². The van der Waals surface area contributed by atoms with Crippen molar-refractivity contribution < 1.29 is 13.5 Å². The molecule has 0 unspecified atom stereocenters. The van der Waals surface area contributed by atoms with Crippen molar-refractivity contribution in [2.24, 2.45) is 0 Å². The third-order valence-electron chi connectivity index (χ3n) is 1.18. The van der Waals surface area contributed by atoms with Gasteiger partial charge < -0.3 is 4.74 Å². The molecule has 0 radical (unpaired) electrons. The largest absolute Gasteiger partial charge is 0.375 e. The van der Waals surface area contributed by atoms with E-state index >= 15 is 0 Å². The van der Waals surface area contributed by atoms with Gasteiger partial charge in [-0.05, 0) is 6.42 Å². The second kappa shape index (κ2) is 4.61. The van der Waals surface area contributed by atoms with Crippen LogP contribution in [0.1, 0.15) is 26.7 Å². The molecule has 0 amide bonds. The first kappa shape index (κ1) is 9.82. The van der Waals surface area contributed by atoms with Gasteiger partial charge in [0.1, 0.15) is 6.61 Å². The van der Waals surface area contributed by atoms with Gasteiger partial charge in [-0.2, -0.15) is 0 Å². The lowest BCUT2D eigenvalue weighted by molar-refractivity contribution is -0.0786. The Balaban J connectivity index is 3.28. The third-order valence-corrected chi connectivity index (χ3v) is 1.18. The van der Waals surface area contributed by atoms with E-state index in [1.54, 1.807) is 0 Å². The minimum atomic E-state index is -2.63. The van der Waals surface area contributed by atoms with E-state index < -0.39 is 12.5 Å². The molecule has 0 bridgehead atoms. The summed E-state index contributed by atoms with van der Waals surface area (Å²) in [6, 6.07) is 0. The van der Waals surface area contributed by atoms with Crippen LogP contribution in [0.25, 0.3) is 0 Å². The van der Waals surface area contributed by atoms with Crippen molar-refractivity contribution in [2.75, 3.05) is 13.2 Å². The molecule has 10 heavy (non-hydrogen) atoms. The van der Waals surface area contributed by atoms with Crippen LogP contribution in [0.4, 0.5) is 8.78 Å². The summed E-state index contributed by atoms with van der Waals surface area (Å²) in [6.45, 7) is 3.34. The molecular formula is C7H14F2O. The molecule has 0 fully saturated rings. The molecule has 0 rings (SSSR count). The quantitative estimate of drug-likeness (QED) is 0.550. The van der Waals surface area contributed by atoms with Crippen molar-refractivity contribution in [3.8, 4) is 0 Å². The molecule has 0 aromatic rings. The molecule has 0 saturated carbocycles. The standard InChI is InChI=1S/C7H14F2O/c1-3-5-10-6-7(8,9)4-2/h3-6H2,1-2H3. The monoisotopic (exact) mass is 152 g/mol. The van der Waals surface area contributed by atoms with Gasteiger partial charge >= 0.3 is 0 Å². The third kappa shape index (κ3) is 4.68. The average Bonchev–Trinajstić information content (AvgIpc) is 1.89. The molecule has 0 heterocycles. The van der Waals surface area contributed by atoms with Crippen molar-refractivity contribution >= 4 is 0 Å². The summed E-state index contributed by atoms with van der Waals surface area (Å²) in [5.74, 6) is -2.63. The second-order valence-electron chi connectivity index (χ2n) is 2.26. The number of hydrogen-bond acceptors (Lipinski definition) is 1. The Bertz CT molecular complexity index is 83.7. The molecule has 0 aliphatic heterocycles. The Morgan fingerprint density at radius 3 is 2.30 bits per heavy atom. The van der Waals surface area contributed by atoms with Crippen LogP contribution in [0.2, 0.25) is 0 Å². The number of ether oxygens (including phenoxy) is 1. The maximum Gasteiger partial charge on any atom is 0.270 e. The lowest BCUT2D eigenvalue weighted by Crippen LogP contribution is -2.22. The van der Waals surface area contributed by atoms with E-state index in [2.05, 4.69) is 4.74 Å². The van der Waals surface area contributed by atoms with Crippen molar-refractivity contribution in [1.82, 2.24) is 0 Å². The highest BCUT2D eigenvalue weighted by atomic mass is 19.3. The lowest BCUT2D eigenvalue weighted by atomic mass is 10.3. The van der Waals surface area contributed by atoms with E-state index in [1.165, 1.54) is 6.92 Å². The maximum absolute atomic E-state index is 12.4. The minimum Gasteiger partial charge on any atom is -0.375 e. The van der Waals surface area contributed by atoms with Gasteiger partial charge in [0.15, 0.2) is 0 Å². The number of hydrogen-bond donors (Lipinski definition) is 0. The normalized spacial score (nSPS) is 12.0. The summed E-state index contributed by atoms with van der Waals surface area (Å²) in [5.41, 5.74) is 0. The van der Waals surface area contributed by atoms with E-state index in [-0.39, 0.29) is 6.42 Å². The van der Waals surface area contributed by atoms with Crippen molar-refractivity contribution in [3.05, 3.63) is 0 Å². The summed E-state index contributed by atoms with van der Waals surface area (Å²) >= 11 is 0. The first-order chi connectivity index (χ1) is 4.62. The highest BCUT2D eigenvalue weighted by Crippen LogP contribution is 2.17. The molecule has 1 nitrogen and oxygen atoms in total. The second-order valence-corrected chi connectivity index (χ2v) is 2.26. The fourth-order valence-electron chi connectivity index (χ4n) is 0.468. The fraction of sp³-hybridized carbons (Fsp3) is 1.00. The molecular weight excluding hydrogens is 138 g/mol. The zero-order valence-corrected chi connectivity index (χ0v) is 6.49. The van der Waals surface area contributed by atoms with Crippen molar-refractivity contribution in [3.63, 3.8) is 0 Å². The van der Waals surface area contributed by atoms with Gasteiger partial charge in [-0.1, -0.05) is 13.8 Å². The molecule has 0 atom stereocenters. The van der Waals surface area contributed by atoms with Gasteiger partial charge in [-0.15, -0.1) is 0 Å². The Morgan fingerprint density at radius 2 is 1.90 bits per heavy atom. The Labute approximate surface area is 60.4 Å². The molecule has 0 spiro atoms. The number of alkyl halides is 2. The van der Waals surface area contributed by atoms with Gasteiger partial charge in [-0.3, -0.25) is 0 Å². The Morgan fingerprint density at radius 1 is 1.30 bits per heavy atom. The van der Waals surface area contributed by atoms with Gasteiger partial charge in [-0.25, -0.2) is 8.78 Å². The van der Waals surface area contributed by atoms with E-state index in [0.717, 1.165) is 6.42 Å². The lowest BCUT2D eigenvalue weighted by Gasteiger charge is -2.12. The van der Waals surface area contributed by atoms with Crippen LogP contribution in [0, 0.1) is 0 Å². The number of halogens is 2. The summed E-state index contributed by atoms with van der Waals surface area (Å²) in [7, 11) is 0. The molecule has 0 aliphatic rings. The zero-order valence-electron chi connectivity index (χ0n) is 6.49. The maximum atomic E-state index is 12.4. The molecule has 0 saturated heterocycles. The molecule has 0 aromatic carbocycles. The van der Waals surface area contributed by atoms with E-state index in [4.69, 9.17) is 0 Å². The fourth-order valence-corrected chi connectivity index (χ4v) is 0.468. The van der Waals surface area contributed by atoms with Crippen LogP contribution >= 0.6 is 0 Å². The van der Waals surface area contributed by atoms with Gasteiger partial charge in [0.05, 0.1) is 0 Å². The van der Waals surface area contributed by atoms with Crippen LogP contribution < -0.4 is 0 Å². The van der Waals surface area contributed by atoms with Gasteiger partial charge in [0, 0.05) is 13.0 Å². The molecule has 62 valence electrons. The molecule has 0 aromatic heterocycles. The van der Waals surface area contributed by atoms with Crippen LogP contribution in [0.5, 0.6) is 0 Å². The van der Waals surface area contributed by atoms with Crippen LogP contribution in [0.3, 0.4) is 0 Å². The minimum absolute atomic E-state index is 0.142. The predicted molar refractivity (Wildman–Crippen MR) is 36.3 cm³/mol. The summed E-state index contributed by atoms with van der Waals surface area (Å²) in [5, 5.41) is 0. The molecule has 0 N–H and O–H groups in total. The zero-order chi connectivity index (χ0) is 8.04. The Hall–Kier alpha value is -0.180. The SMILES string of the molecule is CCCOCC(F)(F)CC. The topological polar surface area (TPSA) is 9.23 Å². The first-order valence-corrected chi connectivity index (χ1v) is 3.58. The Kier molecular flexibility index (Phi) is 4.52. The molecule has 0 aliphatic carbocycles. The van der Waals surface area contributed by atoms with Gasteiger partial charge in [0.25, 0.3) is 5.92 Å². The van der Waals surface area contributed by atoms with E-state index in [0.29, 0.717) is 6.61 Å². The predicted octanol–water partition coefficient (Wildman–Crippen LogP) is 2.46. The first-order valence-electron chi connectivity index (χ1n) is 3.58. The summed E-state index contributed by atoms with van der Waals surface area (Å²) < 4.78 is 29.4. The van der Waals surface area contributed by atoms with E-state index in [1.807, 2.05) is 6.92 Å². The highest BCUT2D eigenvalue weighted by Gasteiger charge is 2.25. The molecule has 3 heteroatoms. The van der Waals surface area contributed by atoms with Gasteiger partial charge in [0.2, 0.25) is 0 Å². The van der Waals surface area contributed by atoms with E-state index in [9.17, 15) is 8.78 Å². The summed E-state index contributed by atoms with van der Waals surface area (Å²) in [4.78, 5) is 0. The average molecular weight is 152 g/mol. The number of rotatable bonds is 5. The smallest absolute Gasteiger partial charge is 0.270 e. The van der Waals surface area contributed by atoms with Crippen LogP contribution in [-0.4, -0.2) is 19.1 Å². The highest BCUT2D eigenvalue weighted by molar-refractivity contribution is 4.60. The van der Waals surface area contributed by atoms with Crippen LogP contribution in [0.15, 0.2) is 0 Å². The summed E-state index contributed by atoms with van der Waals surface area (Å²) in [6.07, 6.45) is 0.649. The van der Waals surface area contributed by atoms with Crippen LogP contribution in [-0.2, 0) is 4.74 Å². The van der Waals surface area contributed by atoms with Crippen molar-refractivity contribution in [1.29, 1.82) is 0 Å².